The second kappa shape index (κ2) is 9.87. The number of anilines is 1. The molecule has 188 valence electrons. The second-order valence-corrected chi connectivity index (χ2v) is 11.8. The first-order valence-electron chi connectivity index (χ1n) is 13.0. The number of benzene rings is 2. The van der Waals surface area contributed by atoms with E-state index < -0.39 is 5.97 Å². The highest BCUT2D eigenvalue weighted by atomic mass is 79.9. The lowest BCUT2D eigenvalue weighted by molar-refractivity contribution is -0.130. The number of nitrogens with zero attached hydrogens (tertiary/aromatic N) is 2. The number of morpholine rings is 1. The molecule has 1 saturated carbocycles. The lowest BCUT2D eigenvalue weighted by atomic mass is 9.53. The summed E-state index contributed by atoms with van der Waals surface area (Å²) in [6.45, 7) is 11.7. The monoisotopic (exact) mass is 540 g/mol. The van der Waals surface area contributed by atoms with Gasteiger partial charge in [-0.25, -0.2) is 4.79 Å². The molecule has 2 saturated heterocycles. The number of aromatic carboxylic acids is 1. The minimum absolute atomic E-state index is 0.316. The Morgan fingerprint density at radius 2 is 1.89 bits per heavy atom. The van der Waals surface area contributed by atoms with Gasteiger partial charge in [-0.1, -0.05) is 45.0 Å². The van der Waals surface area contributed by atoms with Crippen molar-refractivity contribution in [3.8, 4) is 0 Å². The maximum absolute atomic E-state index is 11.3. The predicted molar refractivity (Wildman–Crippen MR) is 143 cm³/mol. The van der Waals surface area contributed by atoms with Crippen LogP contribution in [0.25, 0.3) is 0 Å². The molecule has 3 aliphatic rings. The van der Waals surface area contributed by atoms with Crippen LogP contribution >= 0.6 is 15.9 Å². The zero-order valence-corrected chi connectivity index (χ0v) is 22.6. The van der Waals surface area contributed by atoms with Gasteiger partial charge in [0, 0.05) is 35.8 Å². The number of carbonyl (C=O) groups is 1. The van der Waals surface area contributed by atoms with Crippen molar-refractivity contribution in [2.24, 2.45) is 11.3 Å². The Bertz CT molecular complexity index is 1080. The van der Waals surface area contributed by atoms with Gasteiger partial charge in [-0.15, -0.1) is 0 Å². The first kappa shape index (κ1) is 24.8. The molecule has 2 aromatic carbocycles. The fourth-order valence-electron chi connectivity index (χ4n) is 6.80. The van der Waals surface area contributed by atoms with E-state index in [1.54, 1.807) is 6.07 Å². The Hall–Kier alpha value is -1.89. The highest BCUT2D eigenvalue weighted by molar-refractivity contribution is 9.10. The van der Waals surface area contributed by atoms with Gasteiger partial charge in [-0.3, -0.25) is 4.90 Å². The Balaban J connectivity index is 1.27. The highest BCUT2D eigenvalue weighted by Crippen LogP contribution is 2.57. The molecule has 5 nitrogen and oxygen atoms in total. The summed E-state index contributed by atoms with van der Waals surface area (Å²) >= 11 is 3.44. The van der Waals surface area contributed by atoms with Crippen molar-refractivity contribution in [2.45, 2.75) is 58.0 Å². The van der Waals surface area contributed by atoms with Crippen molar-refractivity contribution >= 4 is 27.6 Å². The van der Waals surface area contributed by atoms with Crippen LogP contribution in [0.2, 0.25) is 0 Å². The minimum Gasteiger partial charge on any atom is -0.478 e. The number of halogens is 1. The summed E-state index contributed by atoms with van der Waals surface area (Å²) < 4.78 is 6.65. The van der Waals surface area contributed by atoms with Gasteiger partial charge in [-0.2, -0.15) is 0 Å². The number of carboxylic acid groups (broad SMARTS) is 1. The molecule has 3 atom stereocenters. The number of rotatable bonds is 5. The van der Waals surface area contributed by atoms with E-state index in [0.717, 1.165) is 38.5 Å². The molecule has 0 radical (unpaired) electrons. The molecular weight excluding hydrogens is 504 g/mol. The van der Waals surface area contributed by atoms with E-state index in [0.29, 0.717) is 39.4 Å². The molecule has 2 aromatic rings. The van der Waals surface area contributed by atoms with E-state index >= 15 is 0 Å². The predicted octanol–water partition coefficient (Wildman–Crippen LogP) is 6.34. The molecule has 0 unspecified atom stereocenters. The third-order valence-corrected chi connectivity index (χ3v) is 9.70. The molecule has 5 rings (SSSR count). The van der Waals surface area contributed by atoms with Crippen molar-refractivity contribution in [1.82, 2.24) is 4.90 Å². The fourth-order valence-corrected chi connectivity index (χ4v) is 7.33. The summed E-state index contributed by atoms with van der Waals surface area (Å²) in [7, 11) is 0. The standard InChI is InChI=1S/C29H37BrN2O3/c1-19(2)22-6-4-5-7-23(22)27-18-35-15-14-32(27)26-17-29(20(26)3)10-12-31(13-11-29)21-8-9-24(28(33)34)25(30)16-21/h4-9,16,19-20,26-27H,10-15,17-18H2,1-3H3,(H,33,34)/t20-,26-,27-/m0/s1. The number of carboxylic acids is 1. The van der Waals surface area contributed by atoms with Crippen molar-refractivity contribution in [3.63, 3.8) is 0 Å². The van der Waals surface area contributed by atoms with E-state index in [-0.39, 0.29) is 0 Å². The third kappa shape index (κ3) is 4.54. The van der Waals surface area contributed by atoms with Gasteiger partial charge in [0.15, 0.2) is 0 Å². The normalized spacial score (nSPS) is 26.7. The molecule has 6 heteroatoms. The van der Waals surface area contributed by atoms with Crippen molar-refractivity contribution in [3.05, 3.63) is 63.6 Å². The number of ether oxygens (including phenoxy) is 1. The Morgan fingerprint density at radius 1 is 1.14 bits per heavy atom. The SMILES string of the molecule is CC(C)c1ccccc1[C@@H]1COCCN1[C@H]1CC2(CCN(c3ccc(C(=O)O)c(Br)c3)CC2)[C@H]1C. The van der Waals surface area contributed by atoms with Gasteiger partial charge < -0.3 is 14.7 Å². The largest absolute Gasteiger partial charge is 0.478 e. The van der Waals surface area contributed by atoms with Crippen LogP contribution in [-0.4, -0.2) is 54.9 Å². The van der Waals surface area contributed by atoms with Crippen LogP contribution in [0.15, 0.2) is 46.9 Å². The summed E-state index contributed by atoms with van der Waals surface area (Å²) in [6.07, 6.45) is 3.66. The zero-order valence-electron chi connectivity index (χ0n) is 21.0. The van der Waals surface area contributed by atoms with Crippen LogP contribution < -0.4 is 4.90 Å². The molecule has 35 heavy (non-hydrogen) atoms. The van der Waals surface area contributed by atoms with Crippen LogP contribution in [0.1, 0.15) is 73.5 Å². The van der Waals surface area contributed by atoms with Crippen LogP contribution in [0.4, 0.5) is 5.69 Å². The number of hydrogen-bond donors (Lipinski definition) is 1. The van der Waals surface area contributed by atoms with E-state index in [1.807, 2.05) is 12.1 Å². The third-order valence-electron chi connectivity index (χ3n) is 9.04. The molecule has 0 aromatic heterocycles. The van der Waals surface area contributed by atoms with Gasteiger partial charge in [-0.05, 0) is 81.8 Å². The first-order valence-corrected chi connectivity index (χ1v) is 13.8. The molecule has 2 heterocycles. The number of piperidine rings is 1. The second-order valence-electron chi connectivity index (χ2n) is 11.0. The topological polar surface area (TPSA) is 53.0 Å². The Kier molecular flexibility index (Phi) is 6.99. The van der Waals surface area contributed by atoms with Crippen molar-refractivity contribution < 1.29 is 14.6 Å². The molecule has 0 bridgehead atoms. The quantitative estimate of drug-likeness (QED) is 0.479. The van der Waals surface area contributed by atoms with Crippen molar-refractivity contribution in [2.75, 3.05) is 37.7 Å². The smallest absolute Gasteiger partial charge is 0.336 e. The summed E-state index contributed by atoms with van der Waals surface area (Å²) in [4.78, 5) is 16.5. The zero-order chi connectivity index (χ0) is 24.7. The molecular formula is C29H37BrN2O3. The van der Waals surface area contributed by atoms with Crippen LogP contribution in [0.3, 0.4) is 0 Å². The van der Waals surface area contributed by atoms with Gasteiger partial charge in [0.05, 0.1) is 24.8 Å². The molecule has 3 fully saturated rings. The fraction of sp³-hybridized carbons (Fsp3) is 0.552. The lowest BCUT2D eigenvalue weighted by Gasteiger charge is -2.62. The van der Waals surface area contributed by atoms with Crippen LogP contribution in [0, 0.1) is 11.3 Å². The summed E-state index contributed by atoms with van der Waals surface area (Å²) in [5.41, 5.74) is 4.74. The van der Waals surface area contributed by atoms with Crippen LogP contribution in [0.5, 0.6) is 0 Å². The van der Waals surface area contributed by atoms with E-state index in [2.05, 4.69) is 70.8 Å². The van der Waals surface area contributed by atoms with E-state index in [4.69, 9.17) is 4.74 Å². The molecule has 0 amide bonds. The molecule has 1 spiro atoms. The van der Waals surface area contributed by atoms with Gasteiger partial charge in [0.2, 0.25) is 0 Å². The first-order chi connectivity index (χ1) is 16.8. The van der Waals surface area contributed by atoms with Gasteiger partial charge in [0.25, 0.3) is 0 Å². The summed E-state index contributed by atoms with van der Waals surface area (Å²) in [6, 6.07) is 15.5. The van der Waals surface area contributed by atoms with Crippen molar-refractivity contribution in [1.29, 1.82) is 0 Å². The average Bonchev–Trinajstić information content (AvgIpc) is 2.87. The molecule has 1 N–H and O–H groups in total. The lowest BCUT2D eigenvalue weighted by Crippen LogP contribution is -2.63. The number of hydrogen-bond acceptors (Lipinski definition) is 4. The summed E-state index contributed by atoms with van der Waals surface area (Å²) in [5.74, 6) is 0.277. The van der Waals surface area contributed by atoms with E-state index in [1.165, 1.54) is 30.4 Å². The minimum atomic E-state index is -0.896. The highest BCUT2D eigenvalue weighted by Gasteiger charge is 2.55. The van der Waals surface area contributed by atoms with Crippen LogP contribution in [-0.2, 0) is 4.74 Å². The van der Waals surface area contributed by atoms with Gasteiger partial charge >= 0.3 is 5.97 Å². The summed E-state index contributed by atoms with van der Waals surface area (Å²) in [5, 5.41) is 9.31. The Labute approximate surface area is 217 Å². The molecule has 1 aliphatic carbocycles. The molecule has 2 aliphatic heterocycles. The Morgan fingerprint density at radius 3 is 2.54 bits per heavy atom. The van der Waals surface area contributed by atoms with E-state index in [9.17, 15) is 9.90 Å². The average molecular weight is 542 g/mol. The maximum atomic E-state index is 11.3. The van der Waals surface area contributed by atoms with Gasteiger partial charge in [0.1, 0.15) is 0 Å². The maximum Gasteiger partial charge on any atom is 0.336 e.